The number of carbonyl (C=O) groups excluding carboxylic acids is 3. The lowest BCUT2D eigenvalue weighted by Gasteiger charge is -2.43. The fourth-order valence-electron chi connectivity index (χ4n) is 3.94. The summed E-state index contributed by atoms with van der Waals surface area (Å²) in [7, 11) is 2.94. The van der Waals surface area contributed by atoms with Gasteiger partial charge in [0.1, 0.15) is 5.92 Å². The van der Waals surface area contributed by atoms with E-state index in [2.05, 4.69) is 0 Å². The van der Waals surface area contributed by atoms with Gasteiger partial charge in [0.05, 0.1) is 39.0 Å². The van der Waals surface area contributed by atoms with E-state index in [-0.39, 0.29) is 19.6 Å². The predicted molar refractivity (Wildman–Crippen MR) is 103 cm³/mol. The number of Topliss-reactive ketones (excluding diaryl/α,β-unsaturated/α-hetero) is 1. The van der Waals surface area contributed by atoms with Crippen molar-refractivity contribution in [3.63, 3.8) is 0 Å². The molecular weight excluding hydrogens is 380 g/mol. The topological polar surface area (TPSA) is 108 Å². The van der Waals surface area contributed by atoms with Crippen molar-refractivity contribution in [2.75, 3.05) is 27.4 Å². The van der Waals surface area contributed by atoms with E-state index in [0.717, 1.165) is 0 Å². The fourth-order valence-corrected chi connectivity index (χ4v) is 3.94. The van der Waals surface area contributed by atoms with E-state index in [0.29, 0.717) is 17.1 Å². The van der Waals surface area contributed by atoms with Crippen LogP contribution in [0.1, 0.15) is 38.7 Å². The number of ketones is 1. The third-order valence-electron chi connectivity index (χ3n) is 5.14. The smallest absolute Gasteiger partial charge is 0.317 e. The van der Waals surface area contributed by atoms with Crippen molar-refractivity contribution in [2.24, 2.45) is 11.8 Å². The summed E-state index contributed by atoms with van der Waals surface area (Å²) in [6.07, 6.45) is -0.357. The number of carbonyl (C=O) groups is 3. The van der Waals surface area contributed by atoms with E-state index in [1.54, 1.807) is 32.0 Å². The molecule has 1 saturated carbocycles. The Bertz CT molecular complexity index is 770. The minimum Gasteiger partial charge on any atom is -0.493 e. The zero-order valence-electron chi connectivity index (χ0n) is 17.4. The zero-order chi connectivity index (χ0) is 21.8. The van der Waals surface area contributed by atoms with E-state index < -0.39 is 41.1 Å². The highest BCUT2D eigenvalue weighted by Gasteiger charge is 2.57. The van der Waals surface area contributed by atoms with Crippen LogP contribution in [0.5, 0.6) is 11.5 Å². The van der Waals surface area contributed by atoms with E-state index in [1.807, 2.05) is 0 Å². The molecule has 1 aromatic carbocycles. The summed E-state index contributed by atoms with van der Waals surface area (Å²) in [5.41, 5.74) is -1.23. The molecule has 0 amide bonds. The van der Waals surface area contributed by atoms with Crippen LogP contribution in [0.15, 0.2) is 18.2 Å². The average Bonchev–Trinajstić information content (AvgIpc) is 2.66. The maximum Gasteiger partial charge on any atom is 0.317 e. The van der Waals surface area contributed by atoms with Crippen molar-refractivity contribution in [2.45, 2.75) is 38.7 Å². The van der Waals surface area contributed by atoms with Crippen molar-refractivity contribution in [1.29, 1.82) is 0 Å². The van der Waals surface area contributed by atoms with Crippen LogP contribution >= 0.6 is 0 Å². The normalized spacial score (nSPS) is 26.6. The van der Waals surface area contributed by atoms with Crippen LogP contribution < -0.4 is 9.47 Å². The summed E-state index contributed by atoms with van der Waals surface area (Å²) < 4.78 is 20.9. The Labute approximate surface area is 170 Å². The number of hydrogen-bond acceptors (Lipinski definition) is 8. The van der Waals surface area contributed by atoms with Gasteiger partial charge in [0.25, 0.3) is 0 Å². The molecule has 0 aromatic heterocycles. The molecule has 160 valence electrons. The van der Waals surface area contributed by atoms with Crippen LogP contribution in [-0.2, 0) is 23.9 Å². The number of aliphatic hydroxyl groups is 1. The molecule has 1 N–H and O–H groups in total. The molecule has 0 heterocycles. The van der Waals surface area contributed by atoms with Crippen LogP contribution in [-0.4, -0.2) is 55.9 Å². The number of benzene rings is 1. The molecule has 2 rings (SSSR count). The highest BCUT2D eigenvalue weighted by molar-refractivity contribution is 6.02. The first kappa shape index (κ1) is 22.7. The number of ether oxygens (including phenoxy) is 4. The molecular formula is C21H28O8. The summed E-state index contributed by atoms with van der Waals surface area (Å²) >= 11 is 0. The van der Waals surface area contributed by atoms with Gasteiger partial charge in [-0.2, -0.15) is 0 Å². The van der Waals surface area contributed by atoms with E-state index in [1.165, 1.54) is 21.1 Å². The second kappa shape index (κ2) is 9.26. The van der Waals surface area contributed by atoms with E-state index in [4.69, 9.17) is 18.9 Å². The molecule has 0 bridgehead atoms. The molecule has 0 aliphatic heterocycles. The van der Waals surface area contributed by atoms with Gasteiger partial charge in [-0.15, -0.1) is 0 Å². The SMILES string of the molecule is CCOC(=O)[C@@H]1C(=O)C[C@](C)(O)[C@H](C(=O)OCC)[C@@H]1c1ccc(OC)c(OC)c1. The monoisotopic (exact) mass is 408 g/mol. The van der Waals surface area contributed by atoms with Crippen molar-refractivity contribution in [3.8, 4) is 11.5 Å². The molecule has 8 nitrogen and oxygen atoms in total. The minimum atomic E-state index is -1.69. The Hall–Kier alpha value is -2.61. The van der Waals surface area contributed by atoms with Crippen LogP contribution in [0.25, 0.3) is 0 Å². The number of esters is 2. The lowest BCUT2D eigenvalue weighted by atomic mass is 9.61. The van der Waals surface area contributed by atoms with Crippen LogP contribution in [0.4, 0.5) is 0 Å². The fraction of sp³-hybridized carbons (Fsp3) is 0.571. The van der Waals surface area contributed by atoms with Gasteiger partial charge in [-0.3, -0.25) is 14.4 Å². The Morgan fingerprint density at radius 2 is 1.66 bits per heavy atom. The van der Waals surface area contributed by atoms with Crippen LogP contribution in [0, 0.1) is 11.8 Å². The molecule has 8 heteroatoms. The molecule has 0 unspecified atom stereocenters. The summed E-state index contributed by atoms with van der Waals surface area (Å²) in [5.74, 6) is -4.46. The van der Waals surface area contributed by atoms with Gasteiger partial charge in [-0.1, -0.05) is 6.07 Å². The Morgan fingerprint density at radius 3 is 2.21 bits per heavy atom. The summed E-state index contributed by atoms with van der Waals surface area (Å²) in [6, 6.07) is 4.85. The van der Waals surface area contributed by atoms with Crippen molar-refractivity contribution < 1.29 is 38.4 Å². The summed E-state index contributed by atoms with van der Waals surface area (Å²) in [4.78, 5) is 38.3. The maximum atomic E-state index is 12.8. The quantitative estimate of drug-likeness (QED) is 0.538. The number of methoxy groups -OCH3 is 2. The van der Waals surface area contributed by atoms with Gasteiger partial charge in [0.2, 0.25) is 0 Å². The Balaban J connectivity index is 2.67. The Morgan fingerprint density at radius 1 is 1.07 bits per heavy atom. The largest absolute Gasteiger partial charge is 0.493 e. The summed E-state index contributed by atoms with van der Waals surface area (Å²) in [5, 5.41) is 11.0. The molecule has 1 fully saturated rings. The molecule has 29 heavy (non-hydrogen) atoms. The molecule has 1 aliphatic rings. The van der Waals surface area contributed by atoms with E-state index >= 15 is 0 Å². The highest BCUT2D eigenvalue weighted by atomic mass is 16.5. The number of hydrogen-bond donors (Lipinski definition) is 1. The third-order valence-corrected chi connectivity index (χ3v) is 5.14. The van der Waals surface area contributed by atoms with Crippen LogP contribution in [0.3, 0.4) is 0 Å². The molecule has 1 aromatic rings. The van der Waals surface area contributed by atoms with Gasteiger partial charge in [-0.25, -0.2) is 0 Å². The first-order valence-corrected chi connectivity index (χ1v) is 9.52. The van der Waals surface area contributed by atoms with Gasteiger partial charge in [-0.05, 0) is 38.5 Å². The van der Waals surface area contributed by atoms with Crippen LogP contribution in [0.2, 0.25) is 0 Å². The van der Waals surface area contributed by atoms with Crippen molar-refractivity contribution in [3.05, 3.63) is 23.8 Å². The molecule has 0 saturated heterocycles. The first-order chi connectivity index (χ1) is 13.7. The third kappa shape index (κ3) is 4.53. The van der Waals surface area contributed by atoms with Gasteiger partial charge in [0, 0.05) is 12.3 Å². The van der Waals surface area contributed by atoms with E-state index in [9.17, 15) is 19.5 Å². The molecule has 0 spiro atoms. The zero-order valence-corrected chi connectivity index (χ0v) is 17.4. The van der Waals surface area contributed by atoms with Crippen molar-refractivity contribution in [1.82, 2.24) is 0 Å². The summed E-state index contributed by atoms with van der Waals surface area (Å²) in [6.45, 7) is 4.87. The van der Waals surface area contributed by atoms with Gasteiger partial charge in [0.15, 0.2) is 17.3 Å². The standard InChI is InChI=1S/C21H28O8/c1-6-28-19(23)17-13(22)11-21(3,25)18(20(24)29-7-2)16(17)12-8-9-14(26-4)15(10-12)27-5/h8-10,16-18,25H,6-7,11H2,1-5H3/t16-,17-,18+,21+/m1/s1. The molecule has 4 atom stereocenters. The highest BCUT2D eigenvalue weighted by Crippen LogP contribution is 2.48. The lowest BCUT2D eigenvalue weighted by Crippen LogP contribution is -2.55. The predicted octanol–water partition coefficient (Wildman–Crippen LogP) is 1.87. The molecule has 1 aliphatic carbocycles. The first-order valence-electron chi connectivity index (χ1n) is 9.52. The lowest BCUT2D eigenvalue weighted by molar-refractivity contribution is -0.172. The Kier molecular flexibility index (Phi) is 7.24. The second-order valence-corrected chi connectivity index (χ2v) is 7.10. The van der Waals surface area contributed by atoms with Gasteiger partial charge < -0.3 is 24.1 Å². The molecule has 0 radical (unpaired) electrons. The minimum absolute atomic E-state index is 0.0851. The average molecular weight is 408 g/mol. The number of rotatable bonds is 7. The second-order valence-electron chi connectivity index (χ2n) is 7.10. The maximum absolute atomic E-state index is 12.8. The van der Waals surface area contributed by atoms with Gasteiger partial charge >= 0.3 is 11.9 Å². The van der Waals surface area contributed by atoms with Crippen molar-refractivity contribution >= 4 is 17.7 Å².